The number of nitrogens with zero attached hydrogens (tertiary/aromatic N) is 4. The summed E-state index contributed by atoms with van der Waals surface area (Å²) in [5.41, 5.74) is -0.0392. The van der Waals surface area contributed by atoms with Crippen LogP contribution in [0.4, 0.5) is 0 Å². The summed E-state index contributed by atoms with van der Waals surface area (Å²) in [5, 5.41) is 11.4. The smallest absolute Gasteiger partial charge is 0.166 e. The molecule has 0 amide bonds. The maximum Gasteiger partial charge on any atom is 0.166 e. The van der Waals surface area contributed by atoms with Crippen molar-refractivity contribution in [2.75, 3.05) is 0 Å². The molecule has 1 heterocycles. The zero-order valence-corrected chi connectivity index (χ0v) is 9.04. The van der Waals surface area contributed by atoms with E-state index in [1.165, 1.54) is 0 Å². The molecule has 1 rings (SSSR count). The average Bonchev–Trinajstić information content (AvgIpc) is 2.51. The number of hydrogen-bond acceptors (Lipinski definition) is 3. The van der Waals surface area contributed by atoms with E-state index in [0.717, 1.165) is 18.7 Å². The van der Waals surface area contributed by atoms with Gasteiger partial charge in [-0.05, 0) is 30.7 Å². The van der Waals surface area contributed by atoms with Crippen LogP contribution in [0.25, 0.3) is 0 Å². The highest BCUT2D eigenvalue weighted by molar-refractivity contribution is 6.16. The molecule has 0 aliphatic heterocycles. The number of alkyl halides is 1. The Balaban J connectivity index is 2.91. The van der Waals surface area contributed by atoms with Gasteiger partial charge in [0.15, 0.2) is 5.82 Å². The zero-order valence-electron chi connectivity index (χ0n) is 8.29. The molecule has 1 aromatic heterocycles. The molecule has 0 atom stereocenters. The van der Waals surface area contributed by atoms with Crippen molar-refractivity contribution in [3.05, 3.63) is 5.82 Å². The Morgan fingerprint density at radius 2 is 2.15 bits per heavy atom. The van der Waals surface area contributed by atoms with E-state index in [-0.39, 0.29) is 5.54 Å². The predicted molar refractivity (Wildman–Crippen MR) is 51.6 cm³/mol. The predicted octanol–water partition coefficient (Wildman–Crippen LogP) is 1.95. The van der Waals surface area contributed by atoms with E-state index in [0.29, 0.717) is 5.88 Å². The van der Waals surface area contributed by atoms with E-state index >= 15 is 0 Å². The van der Waals surface area contributed by atoms with Crippen LogP contribution in [0.3, 0.4) is 0 Å². The van der Waals surface area contributed by atoms with Gasteiger partial charge in [-0.3, -0.25) is 0 Å². The van der Waals surface area contributed by atoms with Crippen molar-refractivity contribution in [1.29, 1.82) is 0 Å². The minimum Gasteiger partial charge on any atom is -0.223 e. The van der Waals surface area contributed by atoms with E-state index in [1.54, 1.807) is 0 Å². The van der Waals surface area contributed by atoms with Gasteiger partial charge < -0.3 is 0 Å². The highest BCUT2D eigenvalue weighted by Gasteiger charge is 2.23. The highest BCUT2D eigenvalue weighted by Crippen LogP contribution is 2.21. The maximum absolute atomic E-state index is 5.72. The lowest BCUT2D eigenvalue weighted by atomic mass is 9.99. The van der Waals surface area contributed by atoms with Crippen LogP contribution in [0.2, 0.25) is 0 Å². The van der Waals surface area contributed by atoms with Crippen LogP contribution in [-0.2, 0) is 11.4 Å². The van der Waals surface area contributed by atoms with E-state index in [4.69, 9.17) is 11.6 Å². The molecule has 0 aliphatic rings. The van der Waals surface area contributed by atoms with E-state index in [9.17, 15) is 0 Å². The molecule has 0 saturated carbocycles. The Morgan fingerprint density at radius 3 is 2.69 bits per heavy atom. The third-order valence-corrected chi connectivity index (χ3v) is 2.33. The quantitative estimate of drug-likeness (QED) is 0.701. The molecule has 5 heteroatoms. The van der Waals surface area contributed by atoms with Crippen molar-refractivity contribution in [3.63, 3.8) is 0 Å². The second kappa shape index (κ2) is 4.05. The molecule has 0 fully saturated rings. The van der Waals surface area contributed by atoms with Crippen LogP contribution in [0.1, 0.15) is 39.4 Å². The number of tetrazole rings is 1. The van der Waals surface area contributed by atoms with Gasteiger partial charge in [-0.2, -0.15) is 0 Å². The zero-order chi connectivity index (χ0) is 9.90. The maximum atomic E-state index is 5.72. The Hall–Kier alpha value is -0.640. The monoisotopic (exact) mass is 202 g/mol. The lowest BCUT2D eigenvalue weighted by molar-refractivity contribution is 0.280. The van der Waals surface area contributed by atoms with Crippen LogP contribution >= 0.6 is 11.6 Å². The van der Waals surface area contributed by atoms with Crippen LogP contribution in [0.5, 0.6) is 0 Å². The summed E-state index contributed by atoms with van der Waals surface area (Å²) in [7, 11) is 0. The van der Waals surface area contributed by atoms with Gasteiger partial charge in [-0.1, -0.05) is 13.3 Å². The molecule has 0 spiro atoms. The number of rotatable bonds is 4. The first-order valence-electron chi connectivity index (χ1n) is 4.45. The number of hydrogen-bond donors (Lipinski definition) is 0. The molecule has 74 valence electrons. The van der Waals surface area contributed by atoms with Gasteiger partial charge in [0.25, 0.3) is 0 Å². The third-order valence-electron chi connectivity index (χ3n) is 2.09. The van der Waals surface area contributed by atoms with Crippen LogP contribution in [0.15, 0.2) is 0 Å². The van der Waals surface area contributed by atoms with Crippen LogP contribution in [0, 0.1) is 0 Å². The van der Waals surface area contributed by atoms with Crippen molar-refractivity contribution in [1.82, 2.24) is 20.2 Å². The standard InChI is InChI=1S/C8H15ClN4/c1-4-5-8(2,3)13-7(6-9)10-11-12-13/h4-6H2,1-3H3. The van der Waals surface area contributed by atoms with Crippen molar-refractivity contribution >= 4 is 11.6 Å². The molecule has 0 aliphatic carbocycles. The summed E-state index contributed by atoms with van der Waals surface area (Å²) in [6.45, 7) is 6.37. The highest BCUT2D eigenvalue weighted by atomic mass is 35.5. The molecule has 0 saturated heterocycles. The van der Waals surface area contributed by atoms with Gasteiger partial charge in [0.05, 0.1) is 11.4 Å². The SMILES string of the molecule is CCCC(C)(C)n1nnnc1CCl. The summed E-state index contributed by atoms with van der Waals surface area (Å²) in [6, 6.07) is 0. The normalized spacial score (nSPS) is 12.0. The van der Waals surface area contributed by atoms with Gasteiger partial charge in [-0.15, -0.1) is 16.7 Å². The fourth-order valence-electron chi connectivity index (χ4n) is 1.48. The van der Waals surface area contributed by atoms with Crippen molar-refractivity contribution in [2.45, 2.75) is 45.0 Å². The Kier molecular flexibility index (Phi) is 3.25. The lowest BCUT2D eigenvalue weighted by Gasteiger charge is -2.24. The molecular formula is C8H15ClN4. The second-order valence-electron chi connectivity index (χ2n) is 3.70. The van der Waals surface area contributed by atoms with E-state index < -0.39 is 0 Å². The van der Waals surface area contributed by atoms with Gasteiger partial charge >= 0.3 is 0 Å². The minimum atomic E-state index is -0.0392. The minimum absolute atomic E-state index is 0.0392. The molecule has 0 aromatic carbocycles. The summed E-state index contributed by atoms with van der Waals surface area (Å²) >= 11 is 5.72. The fraction of sp³-hybridized carbons (Fsp3) is 0.875. The summed E-state index contributed by atoms with van der Waals surface area (Å²) in [6.07, 6.45) is 2.15. The first-order chi connectivity index (χ1) is 6.11. The van der Waals surface area contributed by atoms with E-state index in [2.05, 4.69) is 36.3 Å². The van der Waals surface area contributed by atoms with Gasteiger partial charge in [0, 0.05) is 0 Å². The third kappa shape index (κ3) is 2.18. The molecule has 13 heavy (non-hydrogen) atoms. The molecule has 0 unspecified atom stereocenters. The summed E-state index contributed by atoms with van der Waals surface area (Å²) < 4.78 is 1.81. The van der Waals surface area contributed by atoms with Crippen molar-refractivity contribution in [3.8, 4) is 0 Å². The van der Waals surface area contributed by atoms with E-state index in [1.807, 2.05) is 4.68 Å². The van der Waals surface area contributed by atoms with Crippen molar-refractivity contribution in [2.24, 2.45) is 0 Å². The van der Waals surface area contributed by atoms with Crippen LogP contribution < -0.4 is 0 Å². The fourth-order valence-corrected chi connectivity index (χ4v) is 1.64. The van der Waals surface area contributed by atoms with Crippen LogP contribution in [-0.4, -0.2) is 20.2 Å². The van der Waals surface area contributed by atoms with Gasteiger partial charge in [-0.25, -0.2) is 4.68 Å². The van der Waals surface area contributed by atoms with Gasteiger partial charge in [0.1, 0.15) is 0 Å². The van der Waals surface area contributed by atoms with Crippen molar-refractivity contribution < 1.29 is 0 Å². The first-order valence-corrected chi connectivity index (χ1v) is 4.99. The second-order valence-corrected chi connectivity index (χ2v) is 3.97. The molecule has 4 nitrogen and oxygen atoms in total. The summed E-state index contributed by atoms with van der Waals surface area (Å²) in [4.78, 5) is 0. The molecular weight excluding hydrogens is 188 g/mol. The lowest BCUT2D eigenvalue weighted by Crippen LogP contribution is -2.29. The molecule has 0 radical (unpaired) electrons. The number of aromatic nitrogens is 4. The molecule has 0 N–H and O–H groups in total. The molecule has 0 bridgehead atoms. The summed E-state index contributed by atoms with van der Waals surface area (Å²) in [5.74, 6) is 1.10. The molecule has 1 aromatic rings. The largest absolute Gasteiger partial charge is 0.223 e. The Labute approximate surface area is 83.3 Å². The number of halogens is 1. The van der Waals surface area contributed by atoms with Gasteiger partial charge in [0.2, 0.25) is 0 Å². The topological polar surface area (TPSA) is 43.6 Å². The Bertz CT molecular complexity index is 269. The Morgan fingerprint density at radius 1 is 1.46 bits per heavy atom. The first kappa shape index (κ1) is 10.4. The average molecular weight is 203 g/mol.